The van der Waals surface area contributed by atoms with Crippen molar-refractivity contribution in [1.82, 2.24) is 4.72 Å². The summed E-state index contributed by atoms with van der Waals surface area (Å²) in [7, 11) is -3.61. The standard InChI is InChI=1S/C21H19NO4S/c23-21(24)13-12-16-8-10-17(11-9-16)14-15-22-27(25,26)20-7-3-5-18-4-1-2-6-19(18)20/h1-13,22H,14-15H2,(H,23,24)/b13-12+. The summed E-state index contributed by atoms with van der Waals surface area (Å²) in [5, 5.41) is 10.2. The molecule has 3 rings (SSSR count). The van der Waals surface area contributed by atoms with Gasteiger partial charge in [0.25, 0.3) is 0 Å². The van der Waals surface area contributed by atoms with Crippen molar-refractivity contribution in [1.29, 1.82) is 0 Å². The fraction of sp³-hybridized carbons (Fsp3) is 0.0952. The first kappa shape index (κ1) is 18.8. The van der Waals surface area contributed by atoms with Crippen molar-refractivity contribution >= 4 is 32.8 Å². The van der Waals surface area contributed by atoms with Gasteiger partial charge in [0.05, 0.1) is 4.90 Å². The third kappa shape index (κ3) is 4.81. The molecule has 0 aliphatic heterocycles. The second-order valence-electron chi connectivity index (χ2n) is 6.04. The molecule has 0 aliphatic carbocycles. The van der Waals surface area contributed by atoms with E-state index >= 15 is 0 Å². The number of aliphatic carboxylic acids is 1. The summed E-state index contributed by atoms with van der Waals surface area (Å²) in [5.74, 6) is -0.998. The molecule has 0 saturated carbocycles. The van der Waals surface area contributed by atoms with E-state index in [1.807, 2.05) is 36.4 Å². The lowest BCUT2D eigenvalue weighted by Crippen LogP contribution is -2.26. The molecule has 27 heavy (non-hydrogen) atoms. The predicted octanol–water partition coefficient (Wildman–Crippen LogP) is 3.46. The average Bonchev–Trinajstić information content (AvgIpc) is 2.66. The van der Waals surface area contributed by atoms with E-state index in [-0.39, 0.29) is 11.4 Å². The van der Waals surface area contributed by atoms with E-state index < -0.39 is 16.0 Å². The highest BCUT2D eigenvalue weighted by Crippen LogP contribution is 2.22. The second-order valence-corrected chi connectivity index (χ2v) is 7.77. The fourth-order valence-corrected chi connectivity index (χ4v) is 4.06. The second kappa shape index (κ2) is 8.16. The maximum Gasteiger partial charge on any atom is 0.328 e. The summed E-state index contributed by atoms with van der Waals surface area (Å²) in [5.41, 5.74) is 1.74. The molecule has 6 heteroatoms. The zero-order valence-corrected chi connectivity index (χ0v) is 15.3. The van der Waals surface area contributed by atoms with Gasteiger partial charge in [-0.2, -0.15) is 0 Å². The molecule has 0 saturated heterocycles. The molecule has 3 aromatic rings. The monoisotopic (exact) mass is 381 g/mol. The molecular weight excluding hydrogens is 362 g/mol. The number of benzene rings is 3. The van der Waals surface area contributed by atoms with E-state index in [1.165, 1.54) is 6.08 Å². The minimum atomic E-state index is -3.61. The number of rotatable bonds is 7. The zero-order valence-electron chi connectivity index (χ0n) is 14.5. The lowest BCUT2D eigenvalue weighted by atomic mass is 10.1. The summed E-state index contributed by atoms with van der Waals surface area (Å²) in [6.45, 7) is 0.274. The Morgan fingerprint density at radius 3 is 2.41 bits per heavy atom. The van der Waals surface area contributed by atoms with Crippen molar-refractivity contribution in [2.45, 2.75) is 11.3 Å². The number of carbonyl (C=O) groups is 1. The molecule has 0 aliphatic rings. The third-order valence-corrected chi connectivity index (χ3v) is 5.66. The Hall–Kier alpha value is -2.96. The van der Waals surface area contributed by atoms with Crippen molar-refractivity contribution in [2.75, 3.05) is 6.54 Å². The first-order valence-electron chi connectivity index (χ1n) is 8.43. The summed E-state index contributed by atoms with van der Waals surface area (Å²) in [6, 6.07) is 19.9. The van der Waals surface area contributed by atoms with E-state index in [9.17, 15) is 13.2 Å². The number of hydrogen-bond donors (Lipinski definition) is 2. The molecule has 138 valence electrons. The van der Waals surface area contributed by atoms with Crippen molar-refractivity contribution in [3.05, 3.63) is 83.9 Å². The van der Waals surface area contributed by atoms with Crippen LogP contribution in [0.3, 0.4) is 0 Å². The molecule has 0 spiro atoms. The van der Waals surface area contributed by atoms with Crippen LogP contribution < -0.4 is 4.72 Å². The zero-order chi connectivity index (χ0) is 19.3. The van der Waals surface area contributed by atoms with Crippen LogP contribution in [0.2, 0.25) is 0 Å². The minimum absolute atomic E-state index is 0.273. The summed E-state index contributed by atoms with van der Waals surface area (Å²) < 4.78 is 28.0. The Balaban J connectivity index is 1.66. The van der Waals surface area contributed by atoms with Crippen LogP contribution in [-0.2, 0) is 21.2 Å². The highest BCUT2D eigenvalue weighted by Gasteiger charge is 2.16. The molecule has 0 atom stereocenters. The number of nitrogens with one attached hydrogen (secondary N) is 1. The van der Waals surface area contributed by atoms with Gasteiger partial charge in [0.2, 0.25) is 10.0 Å². The van der Waals surface area contributed by atoms with Crippen LogP contribution in [0.25, 0.3) is 16.8 Å². The van der Waals surface area contributed by atoms with E-state index in [2.05, 4.69) is 4.72 Å². The number of sulfonamides is 1. The fourth-order valence-electron chi connectivity index (χ4n) is 2.80. The smallest absolute Gasteiger partial charge is 0.328 e. The predicted molar refractivity (Wildman–Crippen MR) is 106 cm³/mol. The molecule has 2 N–H and O–H groups in total. The normalized spacial score (nSPS) is 11.9. The number of fused-ring (bicyclic) bond motifs is 1. The third-order valence-electron chi connectivity index (χ3n) is 4.14. The van der Waals surface area contributed by atoms with Gasteiger partial charge in [-0.15, -0.1) is 0 Å². The van der Waals surface area contributed by atoms with E-state index in [0.717, 1.165) is 22.6 Å². The highest BCUT2D eigenvalue weighted by atomic mass is 32.2. The minimum Gasteiger partial charge on any atom is -0.478 e. The molecule has 0 heterocycles. The number of carboxylic acid groups (broad SMARTS) is 1. The Bertz CT molecular complexity index is 1080. The highest BCUT2D eigenvalue weighted by molar-refractivity contribution is 7.89. The van der Waals surface area contributed by atoms with Crippen LogP contribution in [0, 0.1) is 0 Å². The molecule has 5 nitrogen and oxygen atoms in total. The van der Waals surface area contributed by atoms with Crippen LogP contribution in [0.5, 0.6) is 0 Å². The molecule has 0 fully saturated rings. The van der Waals surface area contributed by atoms with Crippen molar-refractivity contribution in [2.24, 2.45) is 0 Å². The molecule has 0 amide bonds. The quantitative estimate of drug-likeness (QED) is 0.614. The van der Waals surface area contributed by atoms with Crippen molar-refractivity contribution in [3.8, 4) is 0 Å². The van der Waals surface area contributed by atoms with E-state index in [0.29, 0.717) is 11.8 Å². The van der Waals surface area contributed by atoms with Crippen molar-refractivity contribution < 1.29 is 18.3 Å². The molecule has 0 aromatic heterocycles. The van der Waals surface area contributed by atoms with Crippen LogP contribution >= 0.6 is 0 Å². The Kier molecular flexibility index (Phi) is 5.69. The Labute approximate surface area is 158 Å². The largest absolute Gasteiger partial charge is 0.478 e. The number of hydrogen-bond acceptors (Lipinski definition) is 3. The first-order valence-corrected chi connectivity index (χ1v) is 9.91. The van der Waals surface area contributed by atoms with Gasteiger partial charge in [0.15, 0.2) is 0 Å². The van der Waals surface area contributed by atoms with Crippen LogP contribution in [0.4, 0.5) is 0 Å². The SMILES string of the molecule is O=C(O)/C=C/c1ccc(CCNS(=O)(=O)c2cccc3ccccc23)cc1. The Morgan fingerprint density at radius 1 is 0.963 bits per heavy atom. The molecular formula is C21H19NO4S. The summed E-state index contributed by atoms with van der Waals surface area (Å²) in [6.07, 6.45) is 3.12. The van der Waals surface area contributed by atoms with Gasteiger partial charge in [-0.1, -0.05) is 60.7 Å². The van der Waals surface area contributed by atoms with Gasteiger partial charge in [-0.25, -0.2) is 17.9 Å². The maximum atomic E-state index is 12.7. The van der Waals surface area contributed by atoms with Gasteiger partial charge >= 0.3 is 5.97 Å². The van der Waals surface area contributed by atoms with Gasteiger partial charge in [-0.05, 0) is 35.1 Å². The van der Waals surface area contributed by atoms with E-state index in [1.54, 1.807) is 30.3 Å². The van der Waals surface area contributed by atoms with Crippen molar-refractivity contribution in [3.63, 3.8) is 0 Å². The Morgan fingerprint density at radius 2 is 1.67 bits per heavy atom. The average molecular weight is 381 g/mol. The molecule has 0 radical (unpaired) electrons. The first-order chi connectivity index (χ1) is 13.0. The topological polar surface area (TPSA) is 83.5 Å². The van der Waals surface area contributed by atoms with Gasteiger partial charge in [-0.3, -0.25) is 0 Å². The van der Waals surface area contributed by atoms with Crippen LogP contribution in [0.15, 0.2) is 77.7 Å². The lowest BCUT2D eigenvalue weighted by molar-refractivity contribution is -0.131. The van der Waals surface area contributed by atoms with E-state index in [4.69, 9.17) is 5.11 Å². The maximum absolute atomic E-state index is 12.7. The molecule has 0 unspecified atom stereocenters. The summed E-state index contributed by atoms with van der Waals surface area (Å²) in [4.78, 5) is 10.8. The van der Waals surface area contributed by atoms with Gasteiger partial charge in [0, 0.05) is 18.0 Å². The number of carboxylic acids is 1. The summed E-state index contributed by atoms with van der Waals surface area (Å²) >= 11 is 0. The molecule has 0 bridgehead atoms. The van der Waals surface area contributed by atoms with Gasteiger partial charge in [0.1, 0.15) is 0 Å². The van der Waals surface area contributed by atoms with Gasteiger partial charge < -0.3 is 5.11 Å². The molecule has 3 aromatic carbocycles. The van der Waals surface area contributed by atoms with Crippen LogP contribution in [0.1, 0.15) is 11.1 Å². The lowest BCUT2D eigenvalue weighted by Gasteiger charge is -2.10. The van der Waals surface area contributed by atoms with Crippen LogP contribution in [-0.4, -0.2) is 26.0 Å².